The highest BCUT2D eigenvalue weighted by Gasteiger charge is 2.15. The van der Waals surface area contributed by atoms with Crippen LogP contribution in [-0.2, 0) is 4.74 Å². The van der Waals surface area contributed by atoms with Gasteiger partial charge in [-0.25, -0.2) is 0 Å². The normalized spacial score (nSPS) is 24.0. The van der Waals surface area contributed by atoms with Gasteiger partial charge in [0, 0.05) is 61.0 Å². The first-order valence-electron chi connectivity index (χ1n) is 4.17. The Labute approximate surface area is 106 Å². The fourth-order valence-corrected chi connectivity index (χ4v) is 1.23. The summed E-state index contributed by atoms with van der Waals surface area (Å²) in [6.45, 7) is 8.50. The minimum absolute atomic E-state index is 0.628. The van der Waals surface area contributed by atoms with Crippen molar-refractivity contribution in [1.82, 2.24) is 6.88 Å². The molecular formula is C7H15Br3N2O. The molecule has 0 radical (unpaired) electrons. The second-order valence-corrected chi connectivity index (χ2v) is 7.73. The lowest BCUT2D eigenvalue weighted by Crippen LogP contribution is -2.43. The number of hydrogen-bond donors (Lipinski definition) is 0. The summed E-state index contributed by atoms with van der Waals surface area (Å²) < 4.78 is 6.71. The van der Waals surface area contributed by atoms with E-state index in [2.05, 4.69) is 67.2 Å². The molecule has 0 bridgehead atoms. The Bertz CT molecular complexity index is 124. The fourth-order valence-electron chi connectivity index (χ4n) is 1.23. The van der Waals surface area contributed by atoms with Crippen LogP contribution in [0.2, 0.25) is 0 Å². The van der Waals surface area contributed by atoms with E-state index in [1.807, 2.05) is 0 Å². The molecule has 1 aliphatic rings. The van der Waals surface area contributed by atoms with Crippen LogP contribution in [0.1, 0.15) is 13.8 Å². The summed E-state index contributed by atoms with van der Waals surface area (Å²) in [4.78, 5) is 2.43. The summed E-state index contributed by atoms with van der Waals surface area (Å²) in [7, 11) is 0. The van der Waals surface area contributed by atoms with Crippen molar-refractivity contribution in [3.05, 3.63) is 0 Å². The van der Waals surface area contributed by atoms with E-state index in [-0.39, 0.29) is 0 Å². The molecule has 0 aliphatic carbocycles. The molecule has 1 heterocycles. The molecule has 1 fully saturated rings. The molecule has 1 rings (SSSR count). The van der Waals surface area contributed by atoms with Crippen molar-refractivity contribution in [1.29, 1.82) is 0 Å². The molecule has 0 aromatic rings. The van der Waals surface area contributed by atoms with E-state index < -0.39 is 0 Å². The zero-order valence-electron chi connectivity index (χ0n) is 7.84. The van der Waals surface area contributed by atoms with Gasteiger partial charge in [0.2, 0.25) is 0 Å². The minimum Gasteiger partial charge on any atom is -0.379 e. The topological polar surface area (TPSA) is 15.7 Å². The first kappa shape index (κ1) is 14.3. The Balaban J connectivity index is 0.000000310. The van der Waals surface area contributed by atoms with Gasteiger partial charge in [-0.05, 0) is 13.5 Å². The lowest BCUT2D eigenvalue weighted by Gasteiger charge is -2.31. The van der Waals surface area contributed by atoms with Crippen LogP contribution in [0.4, 0.5) is 0 Å². The maximum Gasteiger partial charge on any atom is 0.0619 e. The van der Waals surface area contributed by atoms with Crippen molar-refractivity contribution in [2.45, 2.75) is 19.9 Å². The number of rotatable bonds is 1. The van der Waals surface area contributed by atoms with Crippen LogP contribution in [0.25, 0.3) is 0 Å². The molecule has 0 amide bonds. The minimum atomic E-state index is 0.628. The van der Waals surface area contributed by atoms with Gasteiger partial charge >= 0.3 is 0 Å². The van der Waals surface area contributed by atoms with E-state index in [1.54, 1.807) is 0 Å². The van der Waals surface area contributed by atoms with Gasteiger partial charge in [0.15, 0.2) is 0 Å². The third-order valence-electron chi connectivity index (χ3n) is 1.91. The molecule has 80 valence electrons. The van der Waals surface area contributed by atoms with Gasteiger partial charge in [-0.15, -0.1) is 1.98 Å². The summed E-state index contributed by atoms with van der Waals surface area (Å²) in [5, 5.41) is 0. The Kier molecular flexibility index (Phi) is 9.49. The van der Waals surface area contributed by atoms with E-state index in [0.717, 1.165) is 26.3 Å². The Morgan fingerprint density at radius 1 is 1.46 bits per heavy atom. The van der Waals surface area contributed by atoms with Crippen molar-refractivity contribution in [3.8, 4) is 0 Å². The smallest absolute Gasteiger partial charge is 0.0619 e. The van der Waals surface area contributed by atoms with Crippen molar-refractivity contribution in [2.75, 3.05) is 26.3 Å². The van der Waals surface area contributed by atoms with Gasteiger partial charge in [0.25, 0.3) is 0 Å². The van der Waals surface area contributed by atoms with Crippen LogP contribution in [-0.4, -0.2) is 39.2 Å². The molecule has 3 nitrogen and oxygen atoms in total. The zero-order valence-corrected chi connectivity index (χ0v) is 12.6. The average Bonchev–Trinajstić information content (AvgIpc) is 2.04. The van der Waals surface area contributed by atoms with E-state index in [4.69, 9.17) is 4.74 Å². The lowest BCUT2D eigenvalue weighted by atomic mass is 10.2. The molecule has 0 saturated carbocycles. The SMILES string of the molecule is BrN(Br)Br.CCN1CCOCC1C. The third-order valence-corrected chi connectivity index (χ3v) is 1.91. The maximum absolute atomic E-state index is 5.27. The highest BCUT2D eigenvalue weighted by molar-refractivity contribution is 9.33. The molecule has 0 aromatic heterocycles. The predicted molar refractivity (Wildman–Crippen MR) is 66.1 cm³/mol. The standard InChI is InChI=1S/C7H15NO.Br3N/c1-3-8-4-5-9-6-7(8)2;1-4(2)3/h7H,3-6H2,1-2H3;. The second-order valence-electron chi connectivity index (χ2n) is 2.74. The molecule has 0 spiro atoms. The summed E-state index contributed by atoms with van der Waals surface area (Å²) in [5.74, 6) is 0. The van der Waals surface area contributed by atoms with Crippen LogP contribution < -0.4 is 0 Å². The van der Waals surface area contributed by atoms with E-state index >= 15 is 0 Å². The van der Waals surface area contributed by atoms with Crippen molar-refractivity contribution in [3.63, 3.8) is 0 Å². The molecule has 1 saturated heterocycles. The Hall–Kier alpha value is 1.32. The zero-order chi connectivity index (χ0) is 10.3. The van der Waals surface area contributed by atoms with Crippen LogP contribution in [0, 0.1) is 0 Å². The van der Waals surface area contributed by atoms with E-state index in [1.165, 1.54) is 1.98 Å². The van der Waals surface area contributed by atoms with Gasteiger partial charge in [-0.2, -0.15) is 0 Å². The van der Waals surface area contributed by atoms with Crippen LogP contribution in [0.5, 0.6) is 0 Å². The number of nitrogens with zero attached hydrogens (tertiary/aromatic N) is 2. The van der Waals surface area contributed by atoms with Crippen LogP contribution in [0.15, 0.2) is 0 Å². The molecular weight excluding hydrogens is 368 g/mol. The van der Waals surface area contributed by atoms with Gasteiger partial charge in [0.05, 0.1) is 13.2 Å². The molecule has 1 unspecified atom stereocenters. The predicted octanol–water partition coefficient (Wildman–Crippen LogP) is 2.95. The number of halogens is 3. The number of hydrogen-bond acceptors (Lipinski definition) is 3. The largest absolute Gasteiger partial charge is 0.379 e. The third kappa shape index (κ3) is 8.32. The maximum atomic E-state index is 5.27. The molecule has 13 heavy (non-hydrogen) atoms. The monoisotopic (exact) mass is 380 g/mol. The average molecular weight is 383 g/mol. The Morgan fingerprint density at radius 3 is 2.31 bits per heavy atom. The number of ether oxygens (including phenoxy) is 1. The molecule has 6 heteroatoms. The van der Waals surface area contributed by atoms with Gasteiger partial charge < -0.3 is 4.74 Å². The molecule has 0 aromatic carbocycles. The van der Waals surface area contributed by atoms with E-state index in [9.17, 15) is 0 Å². The highest BCUT2D eigenvalue weighted by atomic mass is 80.0. The first-order chi connectivity index (χ1) is 6.07. The van der Waals surface area contributed by atoms with Gasteiger partial charge in [0.1, 0.15) is 0 Å². The number of morpholine rings is 1. The van der Waals surface area contributed by atoms with Crippen LogP contribution in [0.3, 0.4) is 0 Å². The summed E-state index contributed by atoms with van der Waals surface area (Å²) in [6.07, 6.45) is 0. The summed E-state index contributed by atoms with van der Waals surface area (Å²) >= 11 is 8.81. The molecule has 1 aliphatic heterocycles. The first-order valence-corrected chi connectivity index (χ1v) is 6.30. The van der Waals surface area contributed by atoms with Crippen molar-refractivity contribution in [2.24, 2.45) is 0 Å². The van der Waals surface area contributed by atoms with E-state index in [0.29, 0.717) is 6.04 Å². The van der Waals surface area contributed by atoms with Gasteiger partial charge in [-0.1, -0.05) is 6.92 Å². The lowest BCUT2D eigenvalue weighted by molar-refractivity contribution is 0.00245. The number of likely N-dealkylation sites (N-methyl/N-ethyl adjacent to an activating group) is 1. The summed E-state index contributed by atoms with van der Waals surface area (Å²) in [6, 6.07) is 0.628. The fraction of sp³-hybridized carbons (Fsp3) is 1.00. The molecule has 1 atom stereocenters. The molecule has 0 N–H and O–H groups in total. The highest BCUT2D eigenvalue weighted by Crippen LogP contribution is 2.09. The summed E-state index contributed by atoms with van der Waals surface area (Å²) in [5.41, 5.74) is 0. The van der Waals surface area contributed by atoms with Crippen molar-refractivity contribution >= 4 is 48.4 Å². The van der Waals surface area contributed by atoms with Crippen LogP contribution >= 0.6 is 48.4 Å². The quantitative estimate of drug-likeness (QED) is 0.648. The van der Waals surface area contributed by atoms with Gasteiger partial charge in [-0.3, -0.25) is 4.90 Å². The second kappa shape index (κ2) is 8.61. The Morgan fingerprint density at radius 2 is 2.00 bits per heavy atom. The van der Waals surface area contributed by atoms with Crippen molar-refractivity contribution < 1.29 is 4.74 Å².